The van der Waals surface area contributed by atoms with Gasteiger partial charge in [0.05, 0.1) is 0 Å². The lowest BCUT2D eigenvalue weighted by Gasteiger charge is -1.96. The molecule has 0 aliphatic heterocycles. The van der Waals surface area contributed by atoms with Crippen LogP contribution in [-0.4, -0.2) is 20.2 Å². The Bertz CT molecular complexity index is 642. The van der Waals surface area contributed by atoms with Crippen molar-refractivity contribution in [2.45, 2.75) is 11.0 Å². The summed E-state index contributed by atoms with van der Waals surface area (Å²) in [4.78, 5) is 8.14. The van der Waals surface area contributed by atoms with Crippen molar-refractivity contribution in [3.8, 4) is 11.6 Å². The quantitative estimate of drug-likeness (QED) is 0.679. The van der Waals surface area contributed by atoms with Crippen LogP contribution in [0.2, 0.25) is 0 Å². The van der Waals surface area contributed by atoms with Crippen molar-refractivity contribution in [1.82, 2.24) is 20.2 Å². The molecule has 0 atom stereocenters. The lowest BCUT2D eigenvalue weighted by molar-refractivity contribution is 0.464. The monoisotopic (exact) mass is 270 g/mol. The molecule has 0 amide bonds. The van der Waals surface area contributed by atoms with Crippen LogP contribution in [0.5, 0.6) is 0 Å². The molecule has 0 unspecified atom stereocenters. The van der Waals surface area contributed by atoms with E-state index in [-0.39, 0.29) is 0 Å². The third-order valence-corrected chi connectivity index (χ3v) is 3.29. The van der Waals surface area contributed by atoms with Crippen molar-refractivity contribution in [3.05, 3.63) is 54.5 Å². The fraction of sp³-hybridized carbons (Fsp3) is 0.0769. The highest BCUT2D eigenvalue weighted by Crippen LogP contribution is 2.24. The molecular formula is C13H10N4OS. The lowest BCUT2D eigenvalue weighted by Crippen LogP contribution is -1.80. The maximum Gasteiger partial charge on any atom is 0.277 e. The summed E-state index contributed by atoms with van der Waals surface area (Å²) in [6, 6.07) is 9.49. The topological polar surface area (TPSA) is 64.7 Å². The number of rotatable bonds is 4. The molecule has 3 rings (SSSR count). The Labute approximate surface area is 114 Å². The molecule has 94 valence electrons. The molecule has 6 heteroatoms. The predicted octanol–water partition coefficient (Wildman–Crippen LogP) is 2.82. The summed E-state index contributed by atoms with van der Waals surface area (Å²) in [6.45, 7) is 0. The number of nitrogens with zero attached hydrogens (tertiary/aromatic N) is 4. The zero-order valence-corrected chi connectivity index (χ0v) is 10.7. The van der Waals surface area contributed by atoms with E-state index in [9.17, 15) is 0 Å². The van der Waals surface area contributed by atoms with Gasteiger partial charge in [0.1, 0.15) is 5.69 Å². The van der Waals surface area contributed by atoms with Gasteiger partial charge in [-0.1, -0.05) is 17.8 Å². The van der Waals surface area contributed by atoms with E-state index < -0.39 is 0 Å². The summed E-state index contributed by atoms with van der Waals surface area (Å²) in [5, 5.41) is 8.52. The van der Waals surface area contributed by atoms with Gasteiger partial charge >= 0.3 is 0 Å². The van der Waals surface area contributed by atoms with Crippen molar-refractivity contribution >= 4 is 11.8 Å². The van der Waals surface area contributed by atoms with Gasteiger partial charge in [-0.2, -0.15) is 0 Å². The van der Waals surface area contributed by atoms with Crippen LogP contribution in [0, 0.1) is 0 Å². The smallest absolute Gasteiger partial charge is 0.277 e. The summed E-state index contributed by atoms with van der Waals surface area (Å²) in [7, 11) is 0. The van der Waals surface area contributed by atoms with E-state index in [1.807, 2.05) is 30.3 Å². The Hall–Kier alpha value is -2.21. The van der Waals surface area contributed by atoms with Gasteiger partial charge < -0.3 is 4.42 Å². The van der Waals surface area contributed by atoms with Crippen LogP contribution in [0.1, 0.15) is 5.56 Å². The summed E-state index contributed by atoms with van der Waals surface area (Å²) in [5.74, 6) is 1.21. The first-order valence-corrected chi connectivity index (χ1v) is 6.67. The molecule has 0 saturated carbocycles. The van der Waals surface area contributed by atoms with Gasteiger partial charge in [-0.3, -0.25) is 9.97 Å². The zero-order valence-electron chi connectivity index (χ0n) is 9.93. The van der Waals surface area contributed by atoms with E-state index in [0.717, 1.165) is 11.3 Å². The Kier molecular flexibility index (Phi) is 3.51. The van der Waals surface area contributed by atoms with Crippen LogP contribution < -0.4 is 0 Å². The fourth-order valence-electron chi connectivity index (χ4n) is 1.48. The SMILES string of the molecule is c1ccc(-c2nnc(SCc3ccncc3)o2)nc1. The van der Waals surface area contributed by atoms with E-state index in [1.165, 1.54) is 11.8 Å². The van der Waals surface area contributed by atoms with Crippen LogP contribution in [-0.2, 0) is 5.75 Å². The third-order valence-electron chi connectivity index (χ3n) is 2.40. The molecule has 3 heterocycles. The molecule has 0 aromatic carbocycles. The first kappa shape index (κ1) is 11.9. The molecule has 19 heavy (non-hydrogen) atoms. The van der Waals surface area contributed by atoms with E-state index in [0.29, 0.717) is 16.8 Å². The second-order valence-electron chi connectivity index (χ2n) is 3.73. The Morgan fingerprint density at radius 2 is 1.89 bits per heavy atom. The normalized spacial score (nSPS) is 10.5. The van der Waals surface area contributed by atoms with Crippen molar-refractivity contribution in [2.24, 2.45) is 0 Å². The minimum Gasteiger partial charge on any atom is -0.410 e. The van der Waals surface area contributed by atoms with Gasteiger partial charge in [0.2, 0.25) is 0 Å². The van der Waals surface area contributed by atoms with Crippen LogP contribution in [0.15, 0.2) is 58.6 Å². The first-order chi connectivity index (χ1) is 9.42. The van der Waals surface area contributed by atoms with Gasteiger partial charge in [0.15, 0.2) is 0 Å². The minimum atomic E-state index is 0.442. The van der Waals surface area contributed by atoms with Gasteiger partial charge in [-0.15, -0.1) is 10.2 Å². The molecule has 0 bridgehead atoms. The van der Waals surface area contributed by atoms with Crippen LogP contribution >= 0.6 is 11.8 Å². The average Bonchev–Trinajstić information content (AvgIpc) is 2.96. The average molecular weight is 270 g/mol. The highest BCUT2D eigenvalue weighted by molar-refractivity contribution is 7.98. The van der Waals surface area contributed by atoms with Crippen LogP contribution in [0.25, 0.3) is 11.6 Å². The minimum absolute atomic E-state index is 0.442. The number of hydrogen-bond acceptors (Lipinski definition) is 6. The summed E-state index contributed by atoms with van der Waals surface area (Å²) in [5.41, 5.74) is 1.85. The van der Waals surface area contributed by atoms with Crippen molar-refractivity contribution < 1.29 is 4.42 Å². The van der Waals surface area contributed by atoms with E-state index in [4.69, 9.17) is 4.42 Å². The molecule has 0 radical (unpaired) electrons. The molecule has 0 fully saturated rings. The van der Waals surface area contributed by atoms with Crippen LogP contribution in [0.4, 0.5) is 0 Å². The second-order valence-corrected chi connectivity index (χ2v) is 4.66. The Morgan fingerprint density at radius 1 is 1.00 bits per heavy atom. The molecular weight excluding hydrogens is 260 g/mol. The summed E-state index contributed by atoms with van der Waals surface area (Å²) >= 11 is 1.49. The maximum absolute atomic E-state index is 5.55. The number of hydrogen-bond donors (Lipinski definition) is 0. The lowest BCUT2D eigenvalue weighted by atomic mass is 10.3. The van der Waals surface area contributed by atoms with Gasteiger partial charge in [0, 0.05) is 24.3 Å². The number of thioether (sulfide) groups is 1. The fourth-order valence-corrected chi connectivity index (χ4v) is 2.20. The van der Waals surface area contributed by atoms with E-state index in [1.54, 1.807) is 18.6 Å². The van der Waals surface area contributed by atoms with Crippen LogP contribution in [0.3, 0.4) is 0 Å². The zero-order chi connectivity index (χ0) is 12.9. The molecule has 5 nitrogen and oxygen atoms in total. The molecule has 3 aromatic rings. The highest BCUT2D eigenvalue weighted by Gasteiger charge is 2.09. The van der Waals surface area contributed by atoms with Gasteiger partial charge in [-0.05, 0) is 29.8 Å². The summed E-state index contributed by atoms with van der Waals surface area (Å²) < 4.78 is 5.55. The molecule has 0 N–H and O–H groups in total. The number of aromatic nitrogens is 4. The van der Waals surface area contributed by atoms with Crippen molar-refractivity contribution in [3.63, 3.8) is 0 Å². The second kappa shape index (κ2) is 5.62. The molecule has 0 spiro atoms. The van der Waals surface area contributed by atoms with Crippen molar-refractivity contribution in [2.75, 3.05) is 0 Å². The Morgan fingerprint density at radius 3 is 2.68 bits per heavy atom. The Balaban J connectivity index is 1.69. The molecule has 3 aromatic heterocycles. The largest absolute Gasteiger partial charge is 0.410 e. The summed E-state index contributed by atoms with van der Waals surface area (Å²) in [6.07, 6.45) is 5.23. The third kappa shape index (κ3) is 2.97. The number of pyridine rings is 2. The van der Waals surface area contributed by atoms with E-state index >= 15 is 0 Å². The van der Waals surface area contributed by atoms with E-state index in [2.05, 4.69) is 20.2 Å². The van der Waals surface area contributed by atoms with Gasteiger partial charge in [-0.25, -0.2) is 0 Å². The first-order valence-electron chi connectivity index (χ1n) is 5.68. The highest BCUT2D eigenvalue weighted by atomic mass is 32.2. The maximum atomic E-state index is 5.55. The predicted molar refractivity (Wildman–Crippen MR) is 71.3 cm³/mol. The standard InChI is InChI=1S/C13H10N4OS/c1-2-6-15-11(3-1)12-16-17-13(18-12)19-9-10-4-7-14-8-5-10/h1-8H,9H2. The molecule has 0 saturated heterocycles. The van der Waals surface area contributed by atoms with Gasteiger partial charge in [0.25, 0.3) is 11.1 Å². The molecule has 0 aliphatic carbocycles. The molecule has 0 aliphatic rings. The van der Waals surface area contributed by atoms with Crippen molar-refractivity contribution in [1.29, 1.82) is 0 Å².